The monoisotopic (exact) mass is 204 g/mol. The molecule has 2 nitrogen and oxygen atoms in total. The maximum atomic E-state index is 5.96. The maximum absolute atomic E-state index is 5.96. The summed E-state index contributed by atoms with van der Waals surface area (Å²) in [6, 6.07) is 0. The van der Waals surface area contributed by atoms with Gasteiger partial charge in [0.15, 0.2) is 0 Å². The number of nitrogens with zero attached hydrogens (tertiary/aromatic N) is 1. The van der Waals surface area contributed by atoms with Crippen LogP contribution < -0.4 is 5.73 Å². The van der Waals surface area contributed by atoms with E-state index < -0.39 is 0 Å². The van der Waals surface area contributed by atoms with Gasteiger partial charge in [-0.3, -0.25) is 0 Å². The second-order valence-electron chi connectivity index (χ2n) is 2.62. The van der Waals surface area contributed by atoms with Crippen LogP contribution in [0, 0.1) is 0 Å². The number of aryl methyl sites for hydroxylation is 1. The first-order chi connectivity index (χ1) is 5.77. The van der Waals surface area contributed by atoms with Crippen LogP contribution in [-0.2, 0) is 12.8 Å². The quantitative estimate of drug-likeness (QED) is 0.817. The van der Waals surface area contributed by atoms with Gasteiger partial charge in [-0.15, -0.1) is 11.3 Å². The van der Waals surface area contributed by atoms with Gasteiger partial charge in [-0.1, -0.05) is 18.5 Å². The molecule has 0 saturated carbocycles. The summed E-state index contributed by atoms with van der Waals surface area (Å²) in [5, 5.41) is 1.13. The third-order valence-electron chi connectivity index (χ3n) is 1.54. The molecular weight excluding hydrogens is 192 g/mol. The molecule has 0 fully saturated rings. The van der Waals surface area contributed by atoms with E-state index in [4.69, 9.17) is 17.3 Å². The molecule has 1 heterocycles. The topological polar surface area (TPSA) is 38.9 Å². The van der Waals surface area contributed by atoms with Gasteiger partial charge in [-0.05, 0) is 19.4 Å². The van der Waals surface area contributed by atoms with Crippen LogP contribution in [0.15, 0.2) is 0 Å². The Morgan fingerprint density at radius 3 is 2.83 bits per heavy atom. The Labute approximate surface area is 81.8 Å². The van der Waals surface area contributed by atoms with Gasteiger partial charge in [0.05, 0.1) is 10.7 Å². The van der Waals surface area contributed by atoms with Crippen LogP contribution in [0.4, 0.5) is 0 Å². The average Bonchev–Trinajstić information content (AvgIpc) is 2.34. The highest BCUT2D eigenvalue weighted by Gasteiger charge is 2.06. The lowest BCUT2D eigenvalue weighted by molar-refractivity contribution is 0.876. The minimum Gasteiger partial charge on any atom is -0.330 e. The van der Waals surface area contributed by atoms with Crippen LogP contribution in [0.3, 0.4) is 0 Å². The van der Waals surface area contributed by atoms with Crippen molar-refractivity contribution in [2.24, 2.45) is 5.73 Å². The van der Waals surface area contributed by atoms with Gasteiger partial charge in [0.1, 0.15) is 4.34 Å². The van der Waals surface area contributed by atoms with E-state index in [0.29, 0.717) is 6.54 Å². The van der Waals surface area contributed by atoms with Gasteiger partial charge >= 0.3 is 0 Å². The van der Waals surface area contributed by atoms with E-state index in [0.717, 1.165) is 34.3 Å². The lowest BCUT2D eigenvalue weighted by Gasteiger charge is -1.90. The minimum atomic E-state index is 0.620. The molecule has 0 radical (unpaired) electrons. The molecule has 0 spiro atoms. The largest absolute Gasteiger partial charge is 0.330 e. The summed E-state index contributed by atoms with van der Waals surface area (Å²) in [7, 11) is 0. The molecule has 0 aliphatic rings. The average molecular weight is 205 g/mol. The summed E-state index contributed by atoms with van der Waals surface area (Å²) in [5.41, 5.74) is 6.38. The highest BCUT2D eigenvalue weighted by molar-refractivity contribution is 7.16. The first-order valence-electron chi connectivity index (χ1n) is 4.12. The number of hydrogen-bond acceptors (Lipinski definition) is 3. The summed E-state index contributed by atoms with van der Waals surface area (Å²) < 4.78 is 0.809. The van der Waals surface area contributed by atoms with Crippen LogP contribution in [0.1, 0.15) is 24.0 Å². The number of hydrogen-bond donors (Lipinski definition) is 1. The second kappa shape index (κ2) is 4.80. The molecule has 0 atom stereocenters. The summed E-state index contributed by atoms with van der Waals surface area (Å²) >= 11 is 7.54. The van der Waals surface area contributed by atoms with Gasteiger partial charge < -0.3 is 5.73 Å². The fourth-order valence-electron chi connectivity index (χ4n) is 0.991. The molecule has 4 heteroatoms. The number of rotatable bonds is 4. The molecule has 0 amide bonds. The van der Waals surface area contributed by atoms with Gasteiger partial charge in [0.2, 0.25) is 0 Å². The van der Waals surface area contributed by atoms with Crippen molar-refractivity contribution < 1.29 is 0 Å². The molecule has 0 aliphatic carbocycles. The maximum Gasteiger partial charge on any atom is 0.116 e. The van der Waals surface area contributed by atoms with Crippen molar-refractivity contribution in [2.45, 2.75) is 26.2 Å². The molecule has 1 rings (SSSR count). The van der Waals surface area contributed by atoms with E-state index in [9.17, 15) is 0 Å². The van der Waals surface area contributed by atoms with Gasteiger partial charge in [-0.2, -0.15) is 0 Å². The molecular formula is C8H13ClN2S. The molecule has 2 N–H and O–H groups in total. The Bertz CT molecular complexity index is 247. The van der Waals surface area contributed by atoms with Gasteiger partial charge in [0.25, 0.3) is 0 Å². The van der Waals surface area contributed by atoms with Crippen molar-refractivity contribution in [3.63, 3.8) is 0 Å². The predicted octanol–water partition coefficient (Wildman–Crippen LogP) is 2.25. The second-order valence-corrected chi connectivity index (χ2v) is 4.30. The third-order valence-corrected chi connectivity index (χ3v) is 2.93. The van der Waals surface area contributed by atoms with Crippen LogP contribution in [0.2, 0.25) is 4.34 Å². The lowest BCUT2D eigenvalue weighted by atomic mass is 10.3. The highest BCUT2D eigenvalue weighted by Crippen LogP contribution is 2.25. The van der Waals surface area contributed by atoms with E-state index in [1.807, 2.05) is 0 Å². The normalized spacial score (nSPS) is 10.6. The van der Waals surface area contributed by atoms with Crippen LogP contribution in [0.5, 0.6) is 0 Å². The van der Waals surface area contributed by atoms with E-state index in [-0.39, 0.29) is 0 Å². The predicted molar refractivity (Wildman–Crippen MR) is 53.9 cm³/mol. The fraction of sp³-hybridized carbons (Fsp3) is 0.625. The molecule has 0 bridgehead atoms. The zero-order chi connectivity index (χ0) is 8.97. The third kappa shape index (κ3) is 2.44. The first kappa shape index (κ1) is 9.96. The molecule has 1 aromatic heterocycles. The highest BCUT2D eigenvalue weighted by atomic mass is 35.5. The molecule has 12 heavy (non-hydrogen) atoms. The zero-order valence-electron chi connectivity index (χ0n) is 7.14. The van der Waals surface area contributed by atoms with Crippen molar-refractivity contribution in [1.82, 2.24) is 4.98 Å². The first-order valence-corrected chi connectivity index (χ1v) is 5.31. The number of nitrogens with two attached hydrogens (primary N) is 1. The molecule has 0 saturated heterocycles. The van der Waals surface area contributed by atoms with Crippen molar-refractivity contribution in [1.29, 1.82) is 0 Å². The Balaban J connectivity index is 2.70. The van der Waals surface area contributed by atoms with Crippen LogP contribution in [-0.4, -0.2) is 11.5 Å². The summed E-state index contributed by atoms with van der Waals surface area (Å²) in [4.78, 5) is 4.40. The Morgan fingerprint density at radius 1 is 1.50 bits per heavy atom. The Kier molecular flexibility index (Phi) is 3.98. The van der Waals surface area contributed by atoms with Gasteiger partial charge in [0, 0.05) is 6.42 Å². The molecule has 0 aliphatic heterocycles. The van der Waals surface area contributed by atoms with Gasteiger partial charge in [-0.25, -0.2) is 4.98 Å². The number of halogens is 1. The molecule has 0 aromatic carbocycles. The Morgan fingerprint density at radius 2 is 2.25 bits per heavy atom. The standard InChI is InChI=1S/C8H13ClN2S/c1-2-3-7-11-6(4-5-10)8(9)12-7/h2-5,10H2,1H3. The lowest BCUT2D eigenvalue weighted by Crippen LogP contribution is -2.03. The summed E-state index contributed by atoms with van der Waals surface area (Å²) in [6.45, 7) is 2.76. The van der Waals surface area contributed by atoms with Crippen molar-refractivity contribution in [3.8, 4) is 0 Å². The van der Waals surface area contributed by atoms with E-state index in [2.05, 4.69) is 11.9 Å². The molecule has 68 valence electrons. The molecule has 0 unspecified atom stereocenters. The zero-order valence-corrected chi connectivity index (χ0v) is 8.71. The van der Waals surface area contributed by atoms with Crippen LogP contribution in [0.25, 0.3) is 0 Å². The van der Waals surface area contributed by atoms with E-state index in [1.54, 1.807) is 11.3 Å². The number of thiazole rings is 1. The van der Waals surface area contributed by atoms with Crippen molar-refractivity contribution in [3.05, 3.63) is 15.0 Å². The minimum absolute atomic E-state index is 0.620. The Hall–Kier alpha value is -0.120. The van der Waals surface area contributed by atoms with Crippen molar-refractivity contribution in [2.75, 3.05) is 6.54 Å². The summed E-state index contributed by atoms with van der Waals surface area (Å²) in [6.07, 6.45) is 2.93. The van der Waals surface area contributed by atoms with Crippen LogP contribution >= 0.6 is 22.9 Å². The molecule has 1 aromatic rings. The van der Waals surface area contributed by atoms with E-state index in [1.165, 1.54) is 0 Å². The fourth-order valence-corrected chi connectivity index (χ4v) is 2.33. The summed E-state index contributed by atoms with van der Waals surface area (Å²) in [5.74, 6) is 0. The number of aromatic nitrogens is 1. The van der Waals surface area contributed by atoms with Crippen molar-refractivity contribution >= 4 is 22.9 Å². The smallest absolute Gasteiger partial charge is 0.116 e. The SMILES string of the molecule is CCCc1nc(CCN)c(Cl)s1. The van der Waals surface area contributed by atoms with E-state index >= 15 is 0 Å².